The van der Waals surface area contributed by atoms with Gasteiger partial charge in [-0.1, -0.05) is 26.0 Å². The maximum absolute atomic E-state index is 11.6. The molecule has 1 aliphatic rings. The first-order valence-corrected chi connectivity index (χ1v) is 5.71. The zero-order valence-corrected chi connectivity index (χ0v) is 9.97. The fourth-order valence-corrected chi connectivity index (χ4v) is 2.03. The molecule has 0 aromatic heterocycles. The third kappa shape index (κ3) is 1.61. The van der Waals surface area contributed by atoms with E-state index < -0.39 is 0 Å². The zero-order valence-electron chi connectivity index (χ0n) is 9.97. The molecule has 0 aliphatic carbocycles. The number of nitrogens with zero attached hydrogens (tertiary/aromatic N) is 1. The van der Waals surface area contributed by atoms with Crippen molar-refractivity contribution in [2.75, 3.05) is 4.90 Å². The maximum Gasteiger partial charge on any atom is 0.246 e. The summed E-state index contributed by atoms with van der Waals surface area (Å²) in [6.45, 7) is 6.28. The molecule has 1 amide bonds. The van der Waals surface area contributed by atoms with Gasteiger partial charge in [-0.2, -0.15) is 0 Å². The summed E-state index contributed by atoms with van der Waals surface area (Å²) in [4.78, 5) is 13.4. The molecule has 0 spiro atoms. The van der Waals surface area contributed by atoms with Crippen molar-refractivity contribution >= 4 is 11.6 Å². The van der Waals surface area contributed by atoms with Crippen LogP contribution in [0.1, 0.15) is 32.3 Å². The van der Waals surface area contributed by atoms with Gasteiger partial charge in [0.1, 0.15) is 6.04 Å². The van der Waals surface area contributed by atoms with Crippen molar-refractivity contribution in [1.82, 2.24) is 0 Å². The lowest BCUT2D eigenvalue weighted by atomic mass is 9.95. The molecule has 2 rings (SSSR count). The van der Waals surface area contributed by atoms with Gasteiger partial charge < -0.3 is 10.6 Å². The van der Waals surface area contributed by atoms with Gasteiger partial charge in [-0.25, -0.2) is 0 Å². The molecule has 0 bridgehead atoms. The van der Waals surface area contributed by atoms with Crippen molar-refractivity contribution < 1.29 is 4.79 Å². The Labute approximate surface area is 96.2 Å². The summed E-state index contributed by atoms with van der Waals surface area (Å²) >= 11 is 0. The van der Waals surface area contributed by atoms with Crippen LogP contribution in [0, 0.1) is 0 Å². The molecule has 3 nitrogen and oxygen atoms in total. The van der Waals surface area contributed by atoms with Crippen LogP contribution in [0.15, 0.2) is 24.3 Å². The van der Waals surface area contributed by atoms with Gasteiger partial charge >= 0.3 is 0 Å². The summed E-state index contributed by atoms with van der Waals surface area (Å²) < 4.78 is 0. The van der Waals surface area contributed by atoms with Gasteiger partial charge in [0.25, 0.3) is 0 Å². The van der Waals surface area contributed by atoms with E-state index in [4.69, 9.17) is 5.73 Å². The highest BCUT2D eigenvalue weighted by Gasteiger charge is 2.42. The van der Waals surface area contributed by atoms with E-state index >= 15 is 0 Å². The quantitative estimate of drug-likeness (QED) is 0.770. The molecule has 16 heavy (non-hydrogen) atoms. The highest BCUT2D eigenvalue weighted by Crippen LogP contribution is 2.28. The number of β-lactam (4-membered cyclic amide) rings is 1. The Kier molecular flexibility index (Phi) is 2.72. The summed E-state index contributed by atoms with van der Waals surface area (Å²) in [5.74, 6) is 0.533. The summed E-state index contributed by atoms with van der Waals surface area (Å²) in [6, 6.07) is 7.92. The van der Waals surface area contributed by atoms with Gasteiger partial charge in [0.05, 0.1) is 6.04 Å². The molecule has 0 radical (unpaired) electrons. The minimum Gasteiger partial charge on any atom is -0.318 e. The first kappa shape index (κ1) is 11.1. The minimum atomic E-state index is -0.329. The van der Waals surface area contributed by atoms with E-state index in [2.05, 4.69) is 26.0 Å². The second-order valence-corrected chi connectivity index (χ2v) is 4.72. The minimum absolute atomic E-state index is 0.0183. The summed E-state index contributed by atoms with van der Waals surface area (Å²) in [6.07, 6.45) is 0. The van der Waals surface area contributed by atoms with Crippen molar-refractivity contribution in [3.8, 4) is 0 Å². The van der Waals surface area contributed by atoms with Crippen molar-refractivity contribution in [2.24, 2.45) is 5.73 Å². The standard InChI is InChI=1S/C13H18N2O/c1-8(2)10-4-6-11(7-5-10)15-9(3)12(14)13(15)16/h4-9,12H,14H2,1-3H3/t9-,12-/m0/s1. The first-order valence-electron chi connectivity index (χ1n) is 5.71. The number of benzene rings is 1. The second kappa shape index (κ2) is 3.91. The Balaban J connectivity index is 2.20. The van der Waals surface area contributed by atoms with Crippen LogP contribution in [0.4, 0.5) is 5.69 Å². The third-order valence-corrected chi connectivity index (χ3v) is 3.29. The summed E-state index contributed by atoms with van der Waals surface area (Å²) in [7, 11) is 0. The highest BCUT2D eigenvalue weighted by molar-refractivity contribution is 6.05. The van der Waals surface area contributed by atoms with Crippen LogP contribution in [0.25, 0.3) is 0 Å². The molecule has 2 atom stereocenters. The fraction of sp³-hybridized carbons (Fsp3) is 0.462. The Bertz CT molecular complexity index is 397. The normalized spacial score (nSPS) is 24.8. The van der Waals surface area contributed by atoms with Crippen LogP contribution in [0.2, 0.25) is 0 Å². The first-order chi connectivity index (χ1) is 7.52. The number of hydrogen-bond donors (Lipinski definition) is 1. The SMILES string of the molecule is CC(C)c1ccc(N2C(=O)[C@@H](N)[C@@H]2C)cc1. The van der Waals surface area contributed by atoms with Gasteiger partial charge in [-0.3, -0.25) is 4.79 Å². The Morgan fingerprint density at radius 1 is 1.25 bits per heavy atom. The van der Waals surface area contributed by atoms with E-state index in [1.165, 1.54) is 5.56 Å². The second-order valence-electron chi connectivity index (χ2n) is 4.72. The number of hydrogen-bond acceptors (Lipinski definition) is 2. The molecule has 1 heterocycles. The fourth-order valence-electron chi connectivity index (χ4n) is 2.03. The molecule has 3 heteroatoms. The average Bonchev–Trinajstić information content (AvgIpc) is 2.29. The third-order valence-electron chi connectivity index (χ3n) is 3.29. The van der Waals surface area contributed by atoms with Crippen LogP contribution < -0.4 is 10.6 Å². The lowest BCUT2D eigenvalue weighted by Gasteiger charge is -2.43. The van der Waals surface area contributed by atoms with Gasteiger partial charge in [0.2, 0.25) is 5.91 Å². The molecular weight excluding hydrogens is 200 g/mol. The number of nitrogens with two attached hydrogens (primary N) is 1. The largest absolute Gasteiger partial charge is 0.318 e. The van der Waals surface area contributed by atoms with Crippen LogP contribution in [-0.4, -0.2) is 18.0 Å². The van der Waals surface area contributed by atoms with E-state index in [1.807, 2.05) is 19.1 Å². The van der Waals surface area contributed by atoms with Crippen molar-refractivity contribution in [3.05, 3.63) is 29.8 Å². The Hall–Kier alpha value is -1.35. The number of carbonyl (C=O) groups excluding carboxylic acids is 1. The smallest absolute Gasteiger partial charge is 0.246 e. The van der Waals surface area contributed by atoms with Crippen molar-refractivity contribution in [3.63, 3.8) is 0 Å². The lowest BCUT2D eigenvalue weighted by molar-refractivity contribution is -0.125. The monoisotopic (exact) mass is 218 g/mol. The Morgan fingerprint density at radius 2 is 1.81 bits per heavy atom. The topological polar surface area (TPSA) is 46.3 Å². The molecule has 1 aromatic rings. The molecule has 0 unspecified atom stereocenters. The summed E-state index contributed by atoms with van der Waals surface area (Å²) in [5, 5.41) is 0. The zero-order chi connectivity index (χ0) is 11.9. The van der Waals surface area contributed by atoms with E-state index in [-0.39, 0.29) is 18.0 Å². The number of anilines is 1. The molecule has 2 N–H and O–H groups in total. The van der Waals surface area contributed by atoms with Crippen LogP contribution in [0.5, 0.6) is 0 Å². The van der Waals surface area contributed by atoms with E-state index in [0.717, 1.165) is 5.69 Å². The lowest BCUT2D eigenvalue weighted by Crippen LogP contribution is -2.67. The maximum atomic E-state index is 11.6. The predicted molar refractivity (Wildman–Crippen MR) is 65.5 cm³/mol. The highest BCUT2D eigenvalue weighted by atomic mass is 16.2. The molecule has 1 aromatic carbocycles. The van der Waals surface area contributed by atoms with Crippen LogP contribution in [-0.2, 0) is 4.79 Å². The summed E-state index contributed by atoms with van der Waals surface area (Å²) in [5.41, 5.74) is 7.91. The van der Waals surface area contributed by atoms with E-state index in [9.17, 15) is 4.79 Å². The number of carbonyl (C=O) groups is 1. The van der Waals surface area contributed by atoms with Gasteiger partial charge in [0, 0.05) is 5.69 Å². The van der Waals surface area contributed by atoms with Crippen molar-refractivity contribution in [2.45, 2.75) is 38.8 Å². The Morgan fingerprint density at radius 3 is 2.25 bits per heavy atom. The van der Waals surface area contributed by atoms with Crippen molar-refractivity contribution in [1.29, 1.82) is 0 Å². The molecular formula is C13H18N2O. The molecule has 1 aliphatic heterocycles. The van der Waals surface area contributed by atoms with Gasteiger partial charge in [-0.15, -0.1) is 0 Å². The average molecular weight is 218 g/mol. The molecule has 1 fully saturated rings. The molecule has 0 saturated carbocycles. The molecule has 1 saturated heterocycles. The van der Waals surface area contributed by atoms with Gasteiger partial charge in [0.15, 0.2) is 0 Å². The van der Waals surface area contributed by atoms with Crippen LogP contribution >= 0.6 is 0 Å². The van der Waals surface area contributed by atoms with Crippen LogP contribution in [0.3, 0.4) is 0 Å². The van der Waals surface area contributed by atoms with Gasteiger partial charge in [-0.05, 0) is 30.5 Å². The number of amides is 1. The molecule has 86 valence electrons. The van der Waals surface area contributed by atoms with E-state index in [1.54, 1.807) is 4.90 Å². The van der Waals surface area contributed by atoms with E-state index in [0.29, 0.717) is 5.92 Å². The number of rotatable bonds is 2. The predicted octanol–water partition coefficient (Wildman–Crippen LogP) is 1.87.